The molecule has 4 rings (SSSR count). The van der Waals surface area contributed by atoms with Crippen molar-refractivity contribution in [2.45, 2.75) is 36.7 Å². The van der Waals surface area contributed by atoms with E-state index in [1.54, 1.807) is 14.0 Å². The van der Waals surface area contributed by atoms with Crippen LogP contribution in [-0.2, 0) is 10.3 Å². The molecule has 1 aromatic heterocycles. The first-order valence-corrected chi connectivity index (χ1v) is 11.6. The highest BCUT2D eigenvalue weighted by molar-refractivity contribution is 8.15. The molecule has 36 heavy (non-hydrogen) atoms. The Kier molecular flexibility index (Phi) is 6.67. The van der Waals surface area contributed by atoms with Crippen molar-refractivity contribution in [1.82, 2.24) is 4.98 Å². The monoisotopic (exact) mass is 530 g/mol. The zero-order valence-electron chi connectivity index (χ0n) is 19.5. The molecule has 1 unspecified atom stereocenters. The van der Waals surface area contributed by atoms with Crippen LogP contribution in [0, 0.1) is 24.5 Å². The molecule has 3 N–H and O–H groups in total. The number of nitrogens with zero attached hydrogens (tertiary/aromatic N) is 2. The van der Waals surface area contributed by atoms with E-state index in [9.17, 15) is 22.4 Å². The van der Waals surface area contributed by atoms with Gasteiger partial charge in [-0.05, 0) is 38.0 Å². The number of carbonyl (C=O) groups excluding carboxylic acids is 1. The van der Waals surface area contributed by atoms with E-state index in [0.717, 1.165) is 12.3 Å². The lowest BCUT2D eigenvalue weighted by Crippen LogP contribution is -2.38. The summed E-state index contributed by atoms with van der Waals surface area (Å²) >= 11 is 1.35. The Labute approximate surface area is 207 Å². The average Bonchev–Trinajstić information content (AvgIpc) is 3.49. The second kappa shape index (κ2) is 9.18. The average molecular weight is 531 g/mol. The third kappa shape index (κ3) is 4.99. The maximum Gasteiger partial charge on any atom is 0.422 e. The summed E-state index contributed by atoms with van der Waals surface area (Å²) in [6, 6.07) is 3.36. The van der Waals surface area contributed by atoms with Crippen LogP contribution in [0.2, 0.25) is 0 Å². The Morgan fingerprint density at radius 2 is 2.03 bits per heavy atom. The van der Waals surface area contributed by atoms with E-state index in [1.807, 2.05) is 0 Å². The van der Waals surface area contributed by atoms with E-state index in [0.29, 0.717) is 13.0 Å². The number of aromatic nitrogens is 1. The molecule has 7 nitrogen and oxygen atoms in total. The molecule has 1 aliphatic heterocycles. The molecule has 0 radical (unpaired) electrons. The van der Waals surface area contributed by atoms with Gasteiger partial charge in [0.2, 0.25) is 0 Å². The largest absolute Gasteiger partial charge is 0.482 e. The van der Waals surface area contributed by atoms with Crippen molar-refractivity contribution >= 4 is 28.5 Å². The first-order chi connectivity index (χ1) is 16.8. The molecule has 0 spiro atoms. The van der Waals surface area contributed by atoms with Gasteiger partial charge in [-0.3, -0.25) is 9.79 Å². The van der Waals surface area contributed by atoms with E-state index in [-0.39, 0.29) is 39.3 Å². The summed E-state index contributed by atoms with van der Waals surface area (Å²) in [6.07, 6.45) is -2.92. The Morgan fingerprint density at radius 3 is 2.67 bits per heavy atom. The number of hydrogen-bond donors (Lipinski definition) is 2. The quantitative estimate of drug-likeness (QED) is 0.510. The molecular weight excluding hydrogens is 507 g/mol. The van der Waals surface area contributed by atoms with E-state index in [4.69, 9.17) is 10.5 Å². The number of hydrogen-bond acceptors (Lipinski definition) is 7. The van der Waals surface area contributed by atoms with Crippen LogP contribution in [0.5, 0.6) is 5.75 Å². The van der Waals surface area contributed by atoms with Crippen molar-refractivity contribution in [3.63, 3.8) is 0 Å². The maximum absolute atomic E-state index is 15.0. The fourth-order valence-electron chi connectivity index (χ4n) is 4.58. The maximum atomic E-state index is 15.0. The van der Waals surface area contributed by atoms with Crippen molar-refractivity contribution in [3.8, 4) is 5.75 Å². The molecule has 0 saturated heterocycles. The van der Waals surface area contributed by atoms with Gasteiger partial charge < -0.3 is 20.5 Å². The summed E-state index contributed by atoms with van der Waals surface area (Å²) in [5.74, 6) is -3.39. The number of anilines is 1. The number of benzene rings is 1. The molecular formula is C23H23F5N4O3S. The minimum atomic E-state index is -4.53. The molecule has 1 aromatic carbocycles. The lowest BCUT2D eigenvalue weighted by atomic mass is 9.85. The van der Waals surface area contributed by atoms with Crippen LogP contribution < -0.4 is 15.8 Å². The third-order valence-electron chi connectivity index (χ3n) is 6.24. The molecule has 0 bridgehead atoms. The van der Waals surface area contributed by atoms with Crippen LogP contribution in [0.15, 0.2) is 29.4 Å². The predicted molar refractivity (Wildman–Crippen MR) is 124 cm³/mol. The molecule has 2 aliphatic rings. The fourth-order valence-corrected chi connectivity index (χ4v) is 6.03. The minimum absolute atomic E-state index is 0.0429. The number of amidine groups is 1. The number of nitrogens with one attached hydrogen (secondary N) is 1. The number of methoxy groups -OCH3 is 1. The predicted octanol–water partition coefficient (Wildman–Crippen LogP) is 4.54. The normalized spacial score (nSPS) is 25.1. The Morgan fingerprint density at radius 1 is 1.31 bits per heavy atom. The lowest BCUT2D eigenvalue weighted by Gasteiger charge is -2.34. The Bertz CT molecular complexity index is 1240. The molecule has 194 valence electrons. The highest BCUT2D eigenvalue weighted by Gasteiger charge is 2.66. The first kappa shape index (κ1) is 26.1. The highest BCUT2D eigenvalue weighted by atomic mass is 32.2. The summed E-state index contributed by atoms with van der Waals surface area (Å²) in [4.78, 5) is 21.1. The highest BCUT2D eigenvalue weighted by Crippen LogP contribution is 2.66. The zero-order chi connectivity index (χ0) is 26.5. The van der Waals surface area contributed by atoms with Crippen LogP contribution >= 0.6 is 11.8 Å². The number of amides is 1. The van der Waals surface area contributed by atoms with Crippen molar-refractivity contribution < 1.29 is 36.2 Å². The standard InChI is InChI=1S/C23H23F5N4O3S/c1-11-4-13(35-10-23(26,27)28)8-30-18(11)19(33)31-12-5-14(17(25)15(24)6-12)21(2)16-7-22(16,9-34-3)36-20(29)32-21/h4-6,8,16H,7,9-10H2,1-3H3,(H2,29,32)(H,31,33)/t16?,21-,22-/m1/s1. The molecule has 1 saturated carbocycles. The van der Waals surface area contributed by atoms with Crippen molar-refractivity contribution in [1.29, 1.82) is 0 Å². The number of thioether (sulfide) groups is 1. The van der Waals surface area contributed by atoms with Gasteiger partial charge in [-0.1, -0.05) is 11.8 Å². The van der Waals surface area contributed by atoms with Crippen molar-refractivity contribution in [2.24, 2.45) is 16.6 Å². The Hall–Kier alpha value is -2.93. The van der Waals surface area contributed by atoms with Gasteiger partial charge in [0, 0.05) is 30.3 Å². The van der Waals surface area contributed by atoms with Crippen LogP contribution in [0.4, 0.5) is 27.6 Å². The molecule has 2 heterocycles. The summed E-state index contributed by atoms with van der Waals surface area (Å²) in [7, 11) is 1.55. The molecule has 2 aromatic rings. The van der Waals surface area contributed by atoms with Crippen LogP contribution in [-0.4, -0.2) is 47.3 Å². The first-order valence-electron chi connectivity index (χ1n) is 10.8. The fraction of sp³-hybridized carbons (Fsp3) is 0.435. The number of ether oxygens (including phenoxy) is 2. The van der Waals surface area contributed by atoms with Gasteiger partial charge in [0.05, 0.1) is 23.1 Å². The Balaban J connectivity index is 1.60. The topological polar surface area (TPSA) is 98.8 Å². The van der Waals surface area contributed by atoms with Crippen LogP contribution in [0.1, 0.15) is 35.0 Å². The molecule has 13 heteroatoms. The summed E-state index contributed by atoms with van der Waals surface area (Å²) in [5, 5.41) is 2.70. The number of pyridine rings is 1. The molecule has 1 amide bonds. The molecule has 1 aliphatic carbocycles. The van der Waals surface area contributed by atoms with Gasteiger partial charge in [-0.2, -0.15) is 13.2 Å². The number of alkyl halides is 3. The number of halogens is 5. The van der Waals surface area contributed by atoms with Crippen molar-refractivity contribution in [3.05, 3.63) is 52.9 Å². The van der Waals surface area contributed by atoms with Crippen LogP contribution in [0.25, 0.3) is 0 Å². The van der Waals surface area contributed by atoms with Gasteiger partial charge in [-0.15, -0.1) is 0 Å². The number of aryl methyl sites for hydroxylation is 1. The van der Waals surface area contributed by atoms with Gasteiger partial charge in [0.25, 0.3) is 5.91 Å². The number of aliphatic imine (C=N–C) groups is 1. The van der Waals surface area contributed by atoms with Gasteiger partial charge in [0.1, 0.15) is 11.4 Å². The van der Waals surface area contributed by atoms with E-state index < -0.39 is 40.6 Å². The lowest BCUT2D eigenvalue weighted by molar-refractivity contribution is -0.153. The van der Waals surface area contributed by atoms with E-state index in [2.05, 4.69) is 20.0 Å². The van der Waals surface area contributed by atoms with Gasteiger partial charge in [-0.25, -0.2) is 13.8 Å². The third-order valence-corrected chi connectivity index (χ3v) is 7.52. The van der Waals surface area contributed by atoms with Crippen LogP contribution in [0.3, 0.4) is 0 Å². The second-order valence-corrected chi connectivity index (χ2v) is 10.4. The van der Waals surface area contributed by atoms with E-state index >= 15 is 4.39 Å². The molecule has 3 atom stereocenters. The minimum Gasteiger partial charge on any atom is -0.482 e. The number of rotatable bonds is 7. The summed E-state index contributed by atoms with van der Waals surface area (Å²) in [6.45, 7) is 1.98. The molecule has 1 fully saturated rings. The summed E-state index contributed by atoms with van der Waals surface area (Å²) in [5.41, 5.74) is 4.84. The van der Waals surface area contributed by atoms with Gasteiger partial charge >= 0.3 is 6.18 Å². The van der Waals surface area contributed by atoms with E-state index in [1.165, 1.54) is 30.8 Å². The summed E-state index contributed by atoms with van der Waals surface area (Å²) < 4.78 is 76.3. The number of carbonyl (C=O) groups is 1. The number of fused-ring (bicyclic) bond motifs is 1. The zero-order valence-corrected chi connectivity index (χ0v) is 20.3. The van der Waals surface area contributed by atoms with Crippen molar-refractivity contribution in [2.75, 3.05) is 25.6 Å². The SMILES string of the molecule is COC[C@]12CC1[C@@](C)(c1cc(NC(=O)c3ncc(OCC(F)(F)F)cc3C)cc(F)c1F)N=C(N)S2. The smallest absolute Gasteiger partial charge is 0.422 e. The number of nitrogens with two attached hydrogens (primary N) is 1. The van der Waals surface area contributed by atoms with Gasteiger partial charge in [0.15, 0.2) is 23.4 Å². The second-order valence-electron chi connectivity index (χ2n) is 8.97.